The Morgan fingerprint density at radius 3 is 2.62 bits per heavy atom. The molecule has 0 aliphatic rings. The number of nitrogens with one attached hydrogen (secondary N) is 1. The molecule has 0 saturated carbocycles. The van der Waals surface area contributed by atoms with Crippen LogP contribution >= 0.6 is 0 Å². The maximum Gasteiger partial charge on any atom is 0.343 e. The van der Waals surface area contributed by atoms with Crippen molar-refractivity contribution in [2.45, 2.75) is 18.7 Å². The maximum absolute atomic E-state index is 11.7. The quantitative estimate of drug-likeness (QED) is 0.781. The van der Waals surface area contributed by atoms with Gasteiger partial charge in [-0.2, -0.15) is 4.98 Å². The van der Waals surface area contributed by atoms with Gasteiger partial charge in [0.2, 0.25) is 5.95 Å². The number of nitrogens with zero attached hydrogens (tertiary/aromatic N) is 2. The van der Waals surface area contributed by atoms with Crippen molar-refractivity contribution in [2.75, 3.05) is 23.9 Å². The summed E-state index contributed by atoms with van der Waals surface area (Å²) in [5.41, 5.74) is 7.03. The Labute approximate surface area is 140 Å². The van der Waals surface area contributed by atoms with E-state index in [1.807, 2.05) is 0 Å². The molecule has 0 aliphatic heterocycles. The van der Waals surface area contributed by atoms with Gasteiger partial charge in [0, 0.05) is 18.1 Å². The summed E-state index contributed by atoms with van der Waals surface area (Å²) in [6.07, 6.45) is 2.43. The lowest BCUT2D eigenvalue weighted by Crippen LogP contribution is -2.11. The fraction of sp³-hybridized carbons (Fsp3) is 0.267. The van der Waals surface area contributed by atoms with Crippen molar-refractivity contribution < 1.29 is 17.9 Å². The van der Waals surface area contributed by atoms with Gasteiger partial charge >= 0.3 is 5.97 Å². The Balaban J connectivity index is 2.24. The van der Waals surface area contributed by atoms with Crippen LogP contribution in [-0.4, -0.2) is 37.2 Å². The molecular formula is C15H18N4O4S. The van der Waals surface area contributed by atoms with E-state index in [0.29, 0.717) is 11.3 Å². The minimum Gasteiger partial charge on any atom is -0.462 e. The molecule has 3 N–H and O–H groups in total. The van der Waals surface area contributed by atoms with Gasteiger partial charge in [-0.25, -0.2) is 18.2 Å². The van der Waals surface area contributed by atoms with Crippen LogP contribution in [0.3, 0.4) is 0 Å². The van der Waals surface area contributed by atoms with Crippen LogP contribution in [0.4, 0.5) is 17.5 Å². The average Bonchev–Trinajstić information content (AvgIpc) is 2.46. The first-order valence-corrected chi connectivity index (χ1v) is 8.99. The highest BCUT2D eigenvalue weighted by atomic mass is 32.2. The molecule has 9 heteroatoms. The first-order valence-electron chi connectivity index (χ1n) is 7.09. The third-order valence-corrected chi connectivity index (χ3v) is 4.40. The number of esters is 1. The first-order chi connectivity index (χ1) is 11.2. The second-order valence-corrected chi connectivity index (χ2v) is 7.07. The third-order valence-electron chi connectivity index (χ3n) is 3.14. The molecule has 8 nitrogen and oxygen atoms in total. The molecule has 1 heterocycles. The largest absolute Gasteiger partial charge is 0.462 e. The molecule has 0 atom stereocenters. The molecule has 0 radical (unpaired) electrons. The molecule has 1 aromatic heterocycles. The highest BCUT2D eigenvalue weighted by Gasteiger charge is 2.14. The average molecular weight is 350 g/mol. The van der Waals surface area contributed by atoms with Gasteiger partial charge in [0.1, 0.15) is 11.4 Å². The van der Waals surface area contributed by atoms with Crippen LogP contribution in [0.1, 0.15) is 22.8 Å². The number of carbonyl (C=O) groups excluding carboxylic acids is 1. The number of nitrogen functional groups attached to an aromatic ring is 1. The number of carbonyl (C=O) groups is 1. The third kappa shape index (κ3) is 3.99. The van der Waals surface area contributed by atoms with Gasteiger partial charge in [0.05, 0.1) is 11.5 Å². The second kappa shape index (κ2) is 6.83. The Kier molecular flexibility index (Phi) is 5.03. The Bertz CT molecular complexity index is 881. The SMILES string of the molecule is CCOC(=O)c1cnc(Nc2ccc(S(C)(=O)=O)c(C)c2)nc1N. The summed E-state index contributed by atoms with van der Waals surface area (Å²) >= 11 is 0. The van der Waals surface area contributed by atoms with Crippen LogP contribution in [0.25, 0.3) is 0 Å². The topological polar surface area (TPSA) is 124 Å². The summed E-state index contributed by atoms with van der Waals surface area (Å²) in [4.78, 5) is 19.9. The van der Waals surface area contributed by atoms with E-state index in [0.717, 1.165) is 6.26 Å². The molecule has 0 fully saturated rings. The predicted octanol–water partition coefficient (Wildman–Crippen LogP) is 1.69. The number of rotatable bonds is 5. The fourth-order valence-corrected chi connectivity index (χ4v) is 3.05. The van der Waals surface area contributed by atoms with E-state index in [1.165, 1.54) is 12.3 Å². The van der Waals surface area contributed by atoms with Gasteiger partial charge in [0.25, 0.3) is 0 Å². The minimum atomic E-state index is -3.28. The van der Waals surface area contributed by atoms with E-state index in [2.05, 4.69) is 15.3 Å². The van der Waals surface area contributed by atoms with Crippen molar-refractivity contribution in [3.05, 3.63) is 35.5 Å². The fourth-order valence-electron chi connectivity index (χ4n) is 2.09. The Morgan fingerprint density at radius 1 is 1.38 bits per heavy atom. The molecule has 0 spiro atoms. The summed E-state index contributed by atoms with van der Waals surface area (Å²) in [5.74, 6) is -0.405. The number of hydrogen-bond acceptors (Lipinski definition) is 8. The molecule has 128 valence electrons. The molecule has 1 aromatic carbocycles. The van der Waals surface area contributed by atoms with Crippen molar-refractivity contribution in [1.82, 2.24) is 9.97 Å². The van der Waals surface area contributed by atoms with E-state index in [1.54, 1.807) is 26.0 Å². The minimum absolute atomic E-state index is 0.00423. The van der Waals surface area contributed by atoms with E-state index in [-0.39, 0.29) is 28.8 Å². The Morgan fingerprint density at radius 2 is 2.08 bits per heavy atom. The van der Waals surface area contributed by atoms with Gasteiger partial charge in [0.15, 0.2) is 9.84 Å². The van der Waals surface area contributed by atoms with Gasteiger partial charge in [-0.15, -0.1) is 0 Å². The molecule has 24 heavy (non-hydrogen) atoms. The lowest BCUT2D eigenvalue weighted by atomic mass is 10.2. The Hall–Kier alpha value is -2.68. The van der Waals surface area contributed by atoms with Crippen LogP contribution in [0.5, 0.6) is 0 Å². The summed E-state index contributed by atoms with van der Waals surface area (Å²) in [7, 11) is -3.28. The number of hydrogen-bond donors (Lipinski definition) is 2. The van der Waals surface area contributed by atoms with Gasteiger partial charge in [-0.3, -0.25) is 0 Å². The van der Waals surface area contributed by atoms with Crippen molar-refractivity contribution in [3.8, 4) is 0 Å². The number of aromatic nitrogens is 2. The maximum atomic E-state index is 11.7. The zero-order valence-electron chi connectivity index (χ0n) is 13.5. The molecule has 0 bridgehead atoms. The summed E-state index contributed by atoms with van der Waals surface area (Å²) in [6, 6.07) is 4.76. The van der Waals surface area contributed by atoms with Crippen molar-refractivity contribution in [3.63, 3.8) is 0 Å². The molecule has 0 amide bonds. The van der Waals surface area contributed by atoms with E-state index >= 15 is 0 Å². The van der Waals surface area contributed by atoms with E-state index in [4.69, 9.17) is 10.5 Å². The molecule has 2 rings (SSSR count). The molecular weight excluding hydrogens is 332 g/mol. The van der Waals surface area contributed by atoms with Crippen molar-refractivity contribution in [2.24, 2.45) is 0 Å². The number of benzene rings is 1. The van der Waals surface area contributed by atoms with Crippen LogP contribution in [-0.2, 0) is 14.6 Å². The number of aryl methyl sites for hydroxylation is 1. The number of ether oxygens (including phenoxy) is 1. The first kappa shape index (κ1) is 17.7. The number of sulfone groups is 1. The van der Waals surface area contributed by atoms with Gasteiger partial charge in [-0.1, -0.05) is 0 Å². The number of nitrogens with two attached hydrogens (primary N) is 1. The molecule has 0 aliphatic carbocycles. The van der Waals surface area contributed by atoms with Crippen LogP contribution < -0.4 is 11.1 Å². The normalized spacial score (nSPS) is 11.1. The van der Waals surface area contributed by atoms with Crippen LogP contribution in [0.15, 0.2) is 29.3 Å². The summed E-state index contributed by atoms with van der Waals surface area (Å²) in [6.45, 7) is 3.61. The van der Waals surface area contributed by atoms with Gasteiger partial charge in [-0.05, 0) is 37.6 Å². The van der Waals surface area contributed by atoms with Crippen molar-refractivity contribution in [1.29, 1.82) is 0 Å². The smallest absolute Gasteiger partial charge is 0.343 e. The van der Waals surface area contributed by atoms with Crippen molar-refractivity contribution >= 4 is 33.3 Å². The second-order valence-electron chi connectivity index (χ2n) is 5.09. The lowest BCUT2D eigenvalue weighted by molar-refractivity contribution is 0.0527. The molecule has 0 unspecified atom stereocenters. The number of anilines is 3. The zero-order valence-corrected chi connectivity index (χ0v) is 14.3. The summed E-state index contributed by atoms with van der Waals surface area (Å²) in [5, 5.41) is 2.91. The summed E-state index contributed by atoms with van der Waals surface area (Å²) < 4.78 is 28.1. The van der Waals surface area contributed by atoms with E-state index in [9.17, 15) is 13.2 Å². The van der Waals surface area contributed by atoms with Gasteiger partial charge < -0.3 is 15.8 Å². The van der Waals surface area contributed by atoms with E-state index < -0.39 is 15.8 Å². The highest BCUT2D eigenvalue weighted by Crippen LogP contribution is 2.22. The van der Waals surface area contributed by atoms with Crippen LogP contribution in [0, 0.1) is 6.92 Å². The lowest BCUT2D eigenvalue weighted by Gasteiger charge is -2.10. The zero-order chi connectivity index (χ0) is 17.9. The monoisotopic (exact) mass is 350 g/mol. The molecule has 0 saturated heterocycles. The highest BCUT2D eigenvalue weighted by molar-refractivity contribution is 7.90. The molecule has 2 aromatic rings. The van der Waals surface area contributed by atoms with Crippen LogP contribution in [0.2, 0.25) is 0 Å². The predicted molar refractivity (Wildman–Crippen MR) is 90.0 cm³/mol. The standard InChI is InChI=1S/C15H18N4O4S/c1-4-23-14(20)11-8-17-15(19-13(11)16)18-10-5-6-12(9(2)7-10)24(3,21)22/h5-8H,4H2,1-3H3,(H3,16,17,18,19).